The summed E-state index contributed by atoms with van der Waals surface area (Å²) in [6.07, 6.45) is 5.01. The molecular weight excluding hydrogens is 372 g/mol. The predicted octanol–water partition coefficient (Wildman–Crippen LogP) is 3.58. The van der Waals surface area contributed by atoms with Gasteiger partial charge in [-0.25, -0.2) is 0 Å². The Morgan fingerprint density at radius 1 is 1.36 bits per heavy atom. The Morgan fingerprint density at radius 2 is 2.11 bits per heavy atom. The molecule has 5 nitrogen and oxygen atoms in total. The monoisotopic (exact) mass is 398 g/mol. The van der Waals surface area contributed by atoms with Crippen molar-refractivity contribution >= 4 is 17.5 Å². The number of aromatic nitrogens is 1. The quantitative estimate of drug-likeness (QED) is 0.747. The van der Waals surface area contributed by atoms with Crippen molar-refractivity contribution in [3.8, 4) is 6.07 Å². The van der Waals surface area contributed by atoms with Crippen molar-refractivity contribution in [1.82, 2.24) is 14.4 Å². The Kier molecular flexibility index (Phi) is 6.77. The van der Waals surface area contributed by atoms with Gasteiger partial charge >= 0.3 is 0 Å². The lowest BCUT2D eigenvalue weighted by atomic mass is 9.97. The van der Waals surface area contributed by atoms with Gasteiger partial charge < -0.3 is 14.4 Å². The number of halogens is 1. The van der Waals surface area contributed by atoms with Crippen LogP contribution in [0.5, 0.6) is 0 Å². The smallest absolute Gasteiger partial charge is 0.270 e. The zero-order chi connectivity index (χ0) is 20.1. The van der Waals surface area contributed by atoms with Crippen molar-refractivity contribution in [2.45, 2.75) is 19.3 Å². The number of likely N-dealkylation sites (tertiary alicyclic amines) is 1. The van der Waals surface area contributed by atoms with Gasteiger partial charge in [0.2, 0.25) is 0 Å². The van der Waals surface area contributed by atoms with Crippen LogP contribution in [0.4, 0.5) is 0 Å². The van der Waals surface area contributed by atoms with Gasteiger partial charge in [0.1, 0.15) is 11.8 Å². The molecule has 2 heterocycles. The molecule has 28 heavy (non-hydrogen) atoms. The Balaban J connectivity index is 1.52. The van der Waals surface area contributed by atoms with Gasteiger partial charge in [-0.05, 0) is 55.5 Å². The first-order chi connectivity index (χ1) is 13.5. The number of hydrogen-bond donors (Lipinski definition) is 0. The maximum Gasteiger partial charge on any atom is 0.270 e. The highest BCUT2D eigenvalue weighted by atomic mass is 35.5. The maximum atomic E-state index is 12.8. The maximum absolute atomic E-state index is 12.8. The minimum Gasteiger partial charge on any atom is -0.345 e. The molecule has 1 aliphatic heterocycles. The molecular formula is C22H27ClN4O. The fraction of sp³-hybridized carbons (Fsp3) is 0.455. The molecule has 0 bridgehead atoms. The van der Waals surface area contributed by atoms with Crippen molar-refractivity contribution < 1.29 is 4.79 Å². The van der Waals surface area contributed by atoms with Gasteiger partial charge in [-0.15, -0.1) is 0 Å². The number of amides is 1. The van der Waals surface area contributed by atoms with E-state index in [1.807, 2.05) is 19.2 Å². The van der Waals surface area contributed by atoms with E-state index in [1.165, 1.54) is 5.56 Å². The standard InChI is InChI=1S/C22H27ClN4O/c1-25-15-19(13-24)12-21(25)22(28)26(2)14-18-4-3-10-27(16-18)11-9-17-5-7-20(23)8-6-17/h5-8,12,15,18H,3-4,9-11,14,16H2,1-2H3. The number of rotatable bonds is 6. The molecule has 148 valence electrons. The number of aryl methyl sites for hydroxylation is 1. The van der Waals surface area contributed by atoms with Crippen LogP contribution >= 0.6 is 11.6 Å². The lowest BCUT2D eigenvalue weighted by Gasteiger charge is -2.34. The lowest BCUT2D eigenvalue weighted by molar-refractivity contribution is 0.0721. The topological polar surface area (TPSA) is 52.3 Å². The molecule has 1 aromatic heterocycles. The molecule has 0 spiro atoms. The third kappa shape index (κ3) is 5.15. The summed E-state index contributed by atoms with van der Waals surface area (Å²) in [5.74, 6) is 0.450. The van der Waals surface area contributed by atoms with Crippen molar-refractivity contribution in [1.29, 1.82) is 5.26 Å². The van der Waals surface area contributed by atoms with Gasteiger partial charge in [-0.2, -0.15) is 5.26 Å². The van der Waals surface area contributed by atoms with Crippen LogP contribution in [-0.2, 0) is 13.5 Å². The van der Waals surface area contributed by atoms with Crippen LogP contribution in [0.3, 0.4) is 0 Å². The van der Waals surface area contributed by atoms with Crippen LogP contribution in [0.15, 0.2) is 36.5 Å². The van der Waals surface area contributed by atoms with E-state index < -0.39 is 0 Å². The second-order valence-electron chi connectivity index (χ2n) is 7.71. The summed E-state index contributed by atoms with van der Waals surface area (Å²) in [5, 5.41) is 9.80. The molecule has 3 rings (SSSR count). The molecule has 2 aromatic rings. The highest BCUT2D eigenvalue weighted by Gasteiger charge is 2.24. The third-order valence-electron chi connectivity index (χ3n) is 5.46. The number of nitrogens with zero attached hydrogens (tertiary/aromatic N) is 4. The number of carbonyl (C=O) groups excluding carboxylic acids is 1. The Bertz CT molecular complexity index is 852. The average Bonchev–Trinajstić information content (AvgIpc) is 3.08. The van der Waals surface area contributed by atoms with E-state index in [-0.39, 0.29) is 5.91 Å². The minimum absolute atomic E-state index is 0.0257. The molecule has 1 fully saturated rings. The number of piperidine rings is 1. The van der Waals surface area contributed by atoms with Crippen molar-refractivity contribution in [2.75, 3.05) is 33.2 Å². The SMILES string of the molecule is CN(CC1CCCN(CCc2ccc(Cl)cc2)C1)C(=O)c1cc(C#N)cn1C. The fourth-order valence-corrected chi connectivity index (χ4v) is 4.07. The van der Waals surface area contributed by atoms with Crippen molar-refractivity contribution in [3.63, 3.8) is 0 Å². The molecule has 0 radical (unpaired) electrons. The van der Waals surface area contributed by atoms with Gasteiger partial charge in [0, 0.05) is 44.9 Å². The molecule has 0 saturated carbocycles. The molecule has 1 atom stereocenters. The Hall–Kier alpha value is -2.29. The molecule has 0 aliphatic carbocycles. The number of benzene rings is 1. The van der Waals surface area contributed by atoms with Crippen LogP contribution in [0.1, 0.15) is 34.5 Å². The molecule has 0 N–H and O–H groups in total. The van der Waals surface area contributed by atoms with E-state index in [0.717, 1.165) is 50.5 Å². The summed E-state index contributed by atoms with van der Waals surface area (Å²) in [6.45, 7) is 3.90. The van der Waals surface area contributed by atoms with E-state index in [2.05, 4.69) is 23.1 Å². The average molecular weight is 399 g/mol. The summed E-state index contributed by atoms with van der Waals surface area (Å²) < 4.78 is 1.73. The third-order valence-corrected chi connectivity index (χ3v) is 5.72. The number of hydrogen-bond acceptors (Lipinski definition) is 3. The predicted molar refractivity (Wildman–Crippen MR) is 111 cm³/mol. The van der Waals surface area contributed by atoms with Gasteiger partial charge in [-0.1, -0.05) is 23.7 Å². The number of nitriles is 1. The second-order valence-corrected chi connectivity index (χ2v) is 8.14. The summed E-state index contributed by atoms with van der Waals surface area (Å²) in [7, 11) is 3.66. The van der Waals surface area contributed by atoms with E-state index in [9.17, 15) is 4.79 Å². The van der Waals surface area contributed by atoms with Crippen molar-refractivity contribution in [3.05, 3.63) is 58.4 Å². The van der Waals surface area contributed by atoms with Gasteiger partial charge in [0.15, 0.2) is 0 Å². The minimum atomic E-state index is -0.0257. The van der Waals surface area contributed by atoms with Gasteiger partial charge in [-0.3, -0.25) is 4.79 Å². The molecule has 1 aliphatic rings. The summed E-state index contributed by atoms with van der Waals surface area (Å²) >= 11 is 5.96. The Morgan fingerprint density at radius 3 is 2.79 bits per heavy atom. The fourth-order valence-electron chi connectivity index (χ4n) is 3.95. The highest BCUT2D eigenvalue weighted by molar-refractivity contribution is 6.30. The lowest BCUT2D eigenvalue weighted by Crippen LogP contribution is -2.42. The zero-order valence-electron chi connectivity index (χ0n) is 16.6. The van der Waals surface area contributed by atoms with E-state index in [1.54, 1.807) is 28.8 Å². The first-order valence-corrected chi connectivity index (χ1v) is 10.1. The van der Waals surface area contributed by atoms with E-state index in [4.69, 9.17) is 16.9 Å². The van der Waals surface area contributed by atoms with E-state index >= 15 is 0 Å². The Labute approximate surface area is 172 Å². The summed E-state index contributed by atoms with van der Waals surface area (Å²) in [6, 6.07) is 11.8. The van der Waals surface area contributed by atoms with Crippen LogP contribution in [0.2, 0.25) is 5.02 Å². The highest BCUT2D eigenvalue weighted by Crippen LogP contribution is 2.19. The summed E-state index contributed by atoms with van der Waals surface area (Å²) in [4.78, 5) is 17.1. The van der Waals surface area contributed by atoms with Crippen LogP contribution in [0, 0.1) is 17.2 Å². The molecule has 1 aromatic carbocycles. The first-order valence-electron chi connectivity index (χ1n) is 9.75. The zero-order valence-corrected chi connectivity index (χ0v) is 17.3. The van der Waals surface area contributed by atoms with Gasteiger partial charge in [0.25, 0.3) is 5.91 Å². The summed E-state index contributed by atoms with van der Waals surface area (Å²) in [5.41, 5.74) is 2.38. The van der Waals surface area contributed by atoms with Gasteiger partial charge in [0.05, 0.1) is 5.56 Å². The molecule has 1 amide bonds. The molecule has 6 heteroatoms. The van der Waals surface area contributed by atoms with Crippen molar-refractivity contribution in [2.24, 2.45) is 13.0 Å². The van der Waals surface area contributed by atoms with Crippen LogP contribution < -0.4 is 0 Å². The second kappa shape index (κ2) is 9.27. The molecule has 1 unspecified atom stereocenters. The largest absolute Gasteiger partial charge is 0.345 e. The van der Waals surface area contributed by atoms with Crippen LogP contribution in [0.25, 0.3) is 0 Å². The first kappa shape index (κ1) is 20.4. The normalized spacial score (nSPS) is 17.3. The number of carbonyl (C=O) groups is 1. The molecule has 1 saturated heterocycles. The van der Waals surface area contributed by atoms with E-state index in [0.29, 0.717) is 17.2 Å². The van der Waals surface area contributed by atoms with Crippen LogP contribution in [-0.4, -0.2) is 53.5 Å².